The third-order valence-corrected chi connectivity index (χ3v) is 11.2. The number of allylic oxidation sites excluding steroid dienone is 2. The highest BCUT2D eigenvalue weighted by Gasteiger charge is 2.56. The van der Waals surface area contributed by atoms with E-state index < -0.39 is 52.7 Å². The number of nitrogen functional groups attached to an aromatic ring is 1. The van der Waals surface area contributed by atoms with Crippen LogP contribution in [0.15, 0.2) is 102 Å². The Balaban J connectivity index is 1.17. The predicted octanol–water partition coefficient (Wildman–Crippen LogP) is 5.47. The Bertz CT molecular complexity index is 2090. The molecule has 1 saturated carbocycles. The van der Waals surface area contributed by atoms with Gasteiger partial charge in [-0.1, -0.05) is 90.2 Å². The number of carbonyl (C=O) groups is 4. The van der Waals surface area contributed by atoms with E-state index in [2.05, 4.69) is 21.7 Å². The van der Waals surface area contributed by atoms with Gasteiger partial charge in [-0.25, -0.2) is 14.6 Å². The van der Waals surface area contributed by atoms with Gasteiger partial charge in [0.1, 0.15) is 22.7 Å². The number of amides is 3. The molecule has 14 heteroatoms. The minimum absolute atomic E-state index is 0.136. The van der Waals surface area contributed by atoms with Gasteiger partial charge in [-0.2, -0.15) is 0 Å². The minimum Gasteiger partial charge on any atom is -0.448 e. The summed E-state index contributed by atoms with van der Waals surface area (Å²) < 4.78 is 12.4. The van der Waals surface area contributed by atoms with Crippen molar-refractivity contribution in [3.05, 3.63) is 119 Å². The number of nitrogens with one attached hydrogen (secondary N) is 2. The molecule has 4 aromatic rings. The van der Waals surface area contributed by atoms with Crippen LogP contribution in [0, 0.1) is 5.92 Å². The number of benzene rings is 3. The van der Waals surface area contributed by atoms with Gasteiger partial charge in [0.15, 0.2) is 16.9 Å². The summed E-state index contributed by atoms with van der Waals surface area (Å²) in [4.78, 5) is 61.3. The van der Waals surface area contributed by atoms with Crippen molar-refractivity contribution < 1.29 is 28.7 Å². The van der Waals surface area contributed by atoms with E-state index in [1.165, 1.54) is 28.0 Å². The topological polar surface area (TPSA) is 179 Å². The van der Waals surface area contributed by atoms with Crippen molar-refractivity contribution in [2.45, 2.75) is 62.4 Å². The van der Waals surface area contributed by atoms with Crippen LogP contribution in [0.2, 0.25) is 0 Å². The van der Waals surface area contributed by atoms with E-state index in [-0.39, 0.29) is 11.3 Å². The molecule has 3 amide bonds. The molecule has 1 saturated heterocycles. The van der Waals surface area contributed by atoms with Crippen molar-refractivity contribution in [1.82, 2.24) is 20.5 Å². The van der Waals surface area contributed by atoms with Crippen LogP contribution < -0.4 is 22.1 Å². The molecule has 2 aliphatic heterocycles. The smallest absolute Gasteiger partial charge is 0.409 e. The lowest BCUT2D eigenvalue weighted by Crippen LogP contribution is -2.74. The Morgan fingerprint density at radius 3 is 2.28 bits per heavy atom. The number of β-lactam (4-membered cyclic amide) rings is 1. The number of hydrogen-bond acceptors (Lipinski definition) is 11. The molecule has 1 aliphatic carbocycles. The number of ether oxygens (including phenoxy) is 2. The fraction of sp³-hybridized carbons (Fsp3) is 0.308. The number of alkyl carbamates (subject to hydrolysis) is 1. The molecule has 1 aromatic heterocycles. The molecule has 7 rings (SSSR count). The summed E-state index contributed by atoms with van der Waals surface area (Å²) in [7, 11) is 0. The third kappa shape index (κ3) is 7.66. The molecule has 0 bridgehead atoms. The second-order valence-corrected chi connectivity index (χ2v) is 16.4. The van der Waals surface area contributed by atoms with Crippen LogP contribution >= 0.6 is 23.1 Å². The Hall–Kier alpha value is -5.18. The van der Waals surface area contributed by atoms with Gasteiger partial charge in [-0.05, 0) is 68.4 Å². The lowest BCUT2D eigenvalue weighted by atomic mass is 9.96. The van der Waals surface area contributed by atoms with Gasteiger partial charge in [0.2, 0.25) is 0 Å². The van der Waals surface area contributed by atoms with Crippen LogP contribution in [-0.4, -0.2) is 56.5 Å². The van der Waals surface area contributed by atoms with E-state index >= 15 is 0 Å². The second kappa shape index (κ2) is 14.3. The zero-order valence-electron chi connectivity index (χ0n) is 29.4. The van der Waals surface area contributed by atoms with E-state index in [9.17, 15) is 19.2 Å². The van der Waals surface area contributed by atoms with Gasteiger partial charge < -0.3 is 20.5 Å². The van der Waals surface area contributed by atoms with Crippen LogP contribution in [0.1, 0.15) is 56.4 Å². The maximum atomic E-state index is 14.3. The molecule has 53 heavy (non-hydrogen) atoms. The van der Waals surface area contributed by atoms with Crippen molar-refractivity contribution in [3.63, 3.8) is 0 Å². The van der Waals surface area contributed by atoms with Crippen molar-refractivity contribution >= 4 is 62.3 Å². The largest absolute Gasteiger partial charge is 0.448 e. The SMILES string of the molecule is CC(C)(C)OC(=O)NC(N)(C(=O)NC1C(=O)N2C(C(=O)OC(c3ccccc3)c3ccccc3)=C(C=CC3CC3)CS[C@@H]12)c1ccc2nc(N)sc2c1. The molecular weight excluding hydrogens is 713 g/mol. The number of thiazole rings is 1. The Morgan fingerprint density at radius 1 is 1.00 bits per heavy atom. The molecule has 2 fully saturated rings. The summed E-state index contributed by atoms with van der Waals surface area (Å²) in [6.07, 6.45) is 4.46. The molecule has 0 spiro atoms. The molecule has 3 atom stereocenters. The van der Waals surface area contributed by atoms with Crippen LogP contribution in [0.4, 0.5) is 9.93 Å². The van der Waals surface area contributed by atoms with Gasteiger partial charge in [-0.3, -0.25) is 25.5 Å². The first kappa shape index (κ1) is 36.2. The zero-order valence-corrected chi connectivity index (χ0v) is 31.0. The van der Waals surface area contributed by atoms with Crippen molar-refractivity contribution in [2.75, 3.05) is 11.5 Å². The Labute approximate surface area is 315 Å². The lowest BCUT2D eigenvalue weighted by molar-refractivity contribution is -0.155. The Kier molecular flexibility index (Phi) is 9.79. The number of aromatic nitrogens is 1. The number of esters is 1. The van der Waals surface area contributed by atoms with E-state index in [1.54, 1.807) is 39.0 Å². The highest BCUT2D eigenvalue weighted by molar-refractivity contribution is 8.00. The molecule has 12 nitrogen and oxygen atoms in total. The van der Waals surface area contributed by atoms with E-state index in [0.29, 0.717) is 32.6 Å². The molecular formula is C39H40N6O6S2. The predicted molar refractivity (Wildman–Crippen MR) is 204 cm³/mol. The molecule has 3 aromatic carbocycles. The van der Waals surface area contributed by atoms with Gasteiger partial charge in [0, 0.05) is 11.3 Å². The van der Waals surface area contributed by atoms with Crippen molar-refractivity contribution in [1.29, 1.82) is 0 Å². The normalized spacial score (nSPS) is 19.8. The van der Waals surface area contributed by atoms with Crippen LogP contribution in [-0.2, 0) is 29.5 Å². The maximum absolute atomic E-state index is 14.3. The number of anilines is 1. The molecule has 6 N–H and O–H groups in total. The first-order chi connectivity index (χ1) is 25.3. The van der Waals surface area contributed by atoms with Gasteiger partial charge in [0.25, 0.3) is 11.8 Å². The number of nitrogens with two attached hydrogens (primary N) is 2. The first-order valence-electron chi connectivity index (χ1n) is 17.3. The average Bonchev–Trinajstić information content (AvgIpc) is 3.89. The lowest BCUT2D eigenvalue weighted by Gasteiger charge is -2.50. The van der Waals surface area contributed by atoms with Crippen LogP contribution in [0.5, 0.6) is 0 Å². The number of hydrogen-bond donors (Lipinski definition) is 4. The van der Waals surface area contributed by atoms with Crippen LogP contribution in [0.25, 0.3) is 10.2 Å². The number of thioether (sulfide) groups is 1. The van der Waals surface area contributed by atoms with E-state index in [1.807, 2.05) is 66.7 Å². The Morgan fingerprint density at radius 2 is 1.66 bits per heavy atom. The molecule has 0 radical (unpaired) electrons. The number of carbonyl (C=O) groups excluding carboxylic acids is 4. The standard InChI is InChI=1S/C39H40N6O6S2/c1-38(2,3)51-37(49)44-39(41,26-18-19-27-28(20-26)53-36(40)42-27)35(48)43-29-32(46)45-30(25(21-52-33(29)45)17-16-22-14-15-22)34(47)50-31(23-10-6-4-7-11-23)24-12-8-5-9-13-24/h4-13,16-20,22,29,31,33H,14-15,21,41H2,1-3H3,(H2,40,42)(H,43,48)(H,44,49)/t29?,33-,39?/m0/s1. The molecule has 2 unspecified atom stereocenters. The number of rotatable bonds is 10. The molecule has 3 heterocycles. The van der Waals surface area contributed by atoms with E-state index in [0.717, 1.165) is 24.0 Å². The monoisotopic (exact) mass is 752 g/mol. The summed E-state index contributed by atoms with van der Waals surface area (Å²) in [5, 5.41) is 4.99. The molecule has 274 valence electrons. The van der Waals surface area contributed by atoms with E-state index in [4.69, 9.17) is 20.9 Å². The van der Waals surface area contributed by atoms with Crippen LogP contribution in [0.3, 0.4) is 0 Å². The summed E-state index contributed by atoms with van der Waals surface area (Å²) in [5.41, 5.74) is 12.8. The highest BCUT2D eigenvalue weighted by atomic mass is 32.2. The summed E-state index contributed by atoms with van der Waals surface area (Å²) in [6.45, 7) is 5.06. The van der Waals surface area contributed by atoms with Gasteiger partial charge in [-0.15, -0.1) is 11.8 Å². The van der Waals surface area contributed by atoms with Gasteiger partial charge >= 0.3 is 12.1 Å². The maximum Gasteiger partial charge on any atom is 0.409 e. The summed E-state index contributed by atoms with van der Waals surface area (Å²) in [5.74, 6) is -1.19. The summed E-state index contributed by atoms with van der Waals surface area (Å²) >= 11 is 2.61. The number of fused-ring (bicyclic) bond motifs is 2. The summed E-state index contributed by atoms with van der Waals surface area (Å²) in [6, 6.07) is 22.6. The quantitative estimate of drug-likeness (QED) is 0.0923. The first-order valence-corrected chi connectivity index (χ1v) is 19.1. The zero-order chi connectivity index (χ0) is 37.5. The highest BCUT2D eigenvalue weighted by Crippen LogP contribution is 2.43. The third-order valence-electron chi connectivity index (χ3n) is 9.02. The van der Waals surface area contributed by atoms with Crippen molar-refractivity contribution in [2.24, 2.45) is 11.7 Å². The van der Waals surface area contributed by atoms with Gasteiger partial charge in [0.05, 0.1) is 10.2 Å². The molecule has 3 aliphatic rings. The van der Waals surface area contributed by atoms with Crippen molar-refractivity contribution in [3.8, 4) is 0 Å². The fourth-order valence-electron chi connectivity index (χ4n) is 6.22. The number of nitrogens with zero attached hydrogens (tertiary/aromatic N) is 2. The fourth-order valence-corrected chi connectivity index (χ4v) is 8.31. The minimum atomic E-state index is -2.16. The average molecular weight is 753 g/mol. The second-order valence-electron chi connectivity index (χ2n) is 14.2.